The number of amides is 1. The number of hydrogen-bond acceptors (Lipinski definition) is 4. The lowest BCUT2D eigenvalue weighted by atomic mass is 9.94. The Balaban J connectivity index is 1.40. The minimum atomic E-state index is -0.104. The number of carbonyl (C=O) groups is 1. The number of carbonyl (C=O) groups excluding carboxylic acids is 1. The number of para-hydroxylation sites is 2. The highest BCUT2D eigenvalue weighted by atomic mass is 16.1. The maximum atomic E-state index is 12.7. The van der Waals surface area contributed by atoms with Crippen LogP contribution in [0.25, 0.3) is 10.9 Å². The molecule has 0 atom stereocenters. The molecule has 162 valence electrons. The molecule has 1 aliphatic carbocycles. The molecule has 1 heterocycles. The number of hydrogen-bond donors (Lipinski definition) is 1. The number of aromatic nitrogens is 2. The highest BCUT2D eigenvalue weighted by molar-refractivity contribution is 5.91. The van der Waals surface area contributed by atoms with Crippen molar-refractivity contribution in [3.63, 3.8) is 0 Å². The van der Waals surface area contributed by atoms with Crippen molar-refractivity contribution in [2.24, 2.45) is 0 Å². The summed E-state index contributed by atoms with van der Waals surface area (Å²) >= 11 is 0. The molecule has 1 aromatic heterocycles. The van der Waals surface area contributed by atoms with Crippen molar-refractivity contribution in [1.29, 1.82) is 0 Å². The summed E-state index contributed by atoms with van der Waals surface area (Å²) in [6.07, 6.45) is 8.07. The van der Waals surface area contributed by atoms with Crippen molar-refractivity contribution in [3.8, 4) is 0 Å². The van der Waals surface area contributed by atoms with Gasteiger partial charge in [0.15, 0.2) is 0 Å². The summed E-state index contributed by atoms with van der Waals surface area (Å²) in [5.41, 5.74) is 2.65. The summed E-state index contributed by atoms with van der Waals surface area (Å²) in [7, 11) is 2.18. The largest absolute Gasteiger partial charge is 0.326 e. The Morgan fingerprint density at radius 2 is 1.84 bits per heavy atom. The van der Waals surface area contributed by atoms with Crippen LogP contribution < -0.4 is 10.7 Å². The van der Waals surface area contributed by atoms with E-state index in [1.807, 2.05) is 36.4 Å². The lowest BCUT2D eigenvalue weighted by Gasteiger charge is -2.31. The van der Waals surface area contributed by atoms with Gasteiger partial charge in [0.25, 0.3) is 0 Å². The number of fused-ring (bicyclic) bond motifs is 1. The van der Waals surface area contributed by atoms with Crippen LogP contribution in [0.1, 0.15) is 44.1 Å². The molecule has 0 aliphatic heterocycles. The zero-order valence-corrected chi connectivity index (χ0v) is 18.1. The Kier molecular flexibility index (Phi) is 6.77. The maximum absolute atomic E-state index is 12.7. The molecule has 1 fully saturated rings. The molecule has 31 heavy (non-hydrogen) atoms. The number of anilines is 1. The fourth-order valence-corrected chi connectivity index (χ4v) is 4.46. The molecule has 0 spiro atoms. The number of rotatable bonds is 7. The van der Waals surface area contributed by atoms with Crippen LogP contribution in [0.5, 0.6) is 0 Å². The number of nitrogens with zero attached hydrogens (tertiary/aromatic N) is 3. The number of nitrogens with one attached hydrogen (secondary N) is 1. The smallest absolute Gasteiger partial charge is 0.226 e. The van der Waals surface area contributed by atoms with Crippen molar-refractivity contribution < 1.29 is 4.79 Å². The molecule has 6 nitrogen and oxygen atoms in total. The Morgan fingerprint density at radius 1 is 1.10 bits per heavy atom. The second kappa shape index (κ2) is 9.88. The van der Waals surface area contributed by atoms with Crippen LogP contribution in [0.3, 0.4) is 0 Å². The Bertz CT molecular complexity index is 1100. The van der Waals surface area contributed by atoms with E-state index in [1.165, 1.54) is 38.3 Å². The van der Waals surface area contributed by atoms with E-state index >= 15 is 0 Å². The van der Waals surface area contributed by atoms with Gasteiger partial charge in [0.05, 0.1) is 18.3 Å². The van der Waals surface area contributed by atoms with Crippen LogP contribution in [0.2, 0.25) is 0 Å². The van der Waals surface area contributed by atoms with Crippen molar-refractivity contribution >= 4 is 22.5 Å². The number of aryl methyl sites for hydroxylation is 1. The maximum Gasteiger partial charge on any atom is 0.226 e. The minimum absolute atomic E-state index is 0.0580. The molecule has 0 saturated heterocycles. The van der Waals surface area contributed by atoms with Gasteiger partial charge < -0.3 is 5.32 Å². The third-order valence-corrected chi connectivity index (χ3v) is 6.22. The second-order valence-corrected chi connectivity index (χ2v) is 8.41. The molecule has 1 saturated carbocycles. The minimum Gasteiger partial charge on any atom is -0.326 e. The van der Waals surface area contributed by atoms with E-state index in [-0.39, 0.29) is 17.8 Å². The lowest BCUT2D eigenvalue weighted by Crippen LogP contribution is -2.33. The first-order valence-electron chi connectivity index (χ1n) is 11.1. The van der Waals surface area contributed by atoms with Gasteiger partial charge in [-0.1, -0.05) is 49.6 Å². The van der Waals surface area contributed by atoms with E-state index in [2.05, 4.69) is 28.4 Å². The van der Waals surface area contributed by atoms with Crippen molar-refractivity contribution in [1.82, 2.24) is 14.7 Å². The monoisotopic (exact) mass is 418 g/mol. The van der Waals surface area contributed by atoms with Crippen molar-refractivity contribution in [3.05, 3.63) is 70.5 Å². The van der Waals surface area contributed by atoms with Gasteiger partial charge >= 0.3 is 0 Å². The van der Waals surface area contributed by atoms with Crippen LogP contribution in [-0.2, 0) is 17.9 Å². The first-order chi connectivity index (χ1) is 15.1. The zero-order chi connectivity index (χ0) is 21.6. The molecule has 1 amide bonds. The van der Waals surface area contributed by atoms with Gasteiger partial charge in [-0.05, 0) is 43.7 Å². The van der Waals surface area contributed by atoms with E-state index in [9.17, 15) is 9.59 Å². The molecule has 1 aliphatic rings. The zero-order valence-electron chi connectivity index (χ0n) is 18.1. The first kappa shape index (κ1) is 21.2. The molecule has 3 aromatic rings. The molecule has 0 radical (unpaired) electrons. The van der Waals surface area contributed by atoms with Crippen LogP contribution in [-0.4, -0.2) is 33.7 Å². The lowest BCUT2D eigenvalue weighted by molar-refractivity contribution is -0.116. The second-order valence-electron chi connectivity index (χ2n) is 8.41. The Labute approximate surface area is 182 Å². The molecular formula is C25H30N4O2. The van der Waals surface area contributed by atoms with Crippen LogP contribution in [0, 0.1) is 0 Å². The van der Waals surface area contributed by atoms with Crippen LogP contribution in [0.15, 0.2) is 59.5 Å². The van der Waals surface area contributed by atoms with Gasteiger partial charge in [0.1, 0.15) is 0 Å². The molecule has 1 N–H and O–H groups in total. The molecule has 0 unspecified atom stereocenters. The number of benzene rings is 2. The molecule has 6 heteroatoms. The predicted molar refractivity (Wildman–Crippen MR) is 124 cm³/mol. The highest BCUT2D eigenvalue weighted by Gasteiger charge is 2.19. The summed E-state index contributed by atoms with van der Waals surface area (Å²) in [5, 5.41) is 7.91. The SMILES string of the molecule is CN(Cc1ccccc1NC(=O)CCn1ncc(=O)c2ccccc21)C1CCCCC1. The normalized spacial score (nSPS) is 14.8. The third-order valence-electron chi connectivity index (χ3n) is 6.22. The van der Waals surface area contributed by atoms with E-state index in [0.29, 0.717) is 18.0 Å². The average molecular weight is 419 g/mol. The first-order valence-corrected chi connectivity index (χ1v) is 11.1. The van der Waals surface area contributed by atoms with Gasteiger partial charge in [-0.25, -0.2) is 0 Å². The summed E-state index contributed by atoms with van der Waals surface area (Å²) < 4.78 is 1.72. The summed E-state index contributed by atoms with van der Waals surface area (Å²) in [5.74, 6) is -0.0580. The average Bonchev–Trinajstić information content (AvgIpc) is 2.81. The van der Waals surface area contributed by atoms with Gasteiger partial charge in [-0.3, -0.25) is 19.2 Å². The van der Waals surface area contributed by atoms with Gasteiger partial charge in [0.2, 0.25) is 11.3 Å². The molecule has 4 rings (SSSR count). The van der Waals surface area contributed by atoms with E-state index < -0.39 is 0 Å². The van der Waals surface area contributed by atoms with Crippen molar-refractivity contribution in [2.45, 2.75) is 57.7 Å². The highest BCUT2D eigenvalue weighted by Crippen LogP contribution is 2.25. The predicted octanol–water partition coefficient (Wildman–Crippen LogP) is 4.19. The molecule has 0 bridgehead atoms. The fraction of sp³-hybridized carbons (Fsp3) is 0.400. The molecular weight excluding hydrogens is 388 g/mol. The van der Waals surface area contributed by atoms with Crippen LogP contribution in [0.4, 0.5) is 5.69 Å². The van der Waals surface area contributed by atoms with E-state index in [1.54, 1.807) is 10.7 Å². The standard InChI is InChI=1S/C25H30N4O2/c1-28(20-10-3-2-4-11-20)18-19-9-5-7-13-22(19)27-25(31)15-16-29-23-14-8-6-12-21(23)24(30)17-26-29/h5-9,12-14,17,20H,2-4,10-11,15-16,18H2,1H3,(H,27,31). The molecule has 2 aromatic carbocycles. The van der Waals surface area contributed by atoms with Gasteiger partial charge in [-0.2, -0.15) is 5.10 Å². The summed E-state index contributed by atoms with van der Waals surface area (Å²) in [6.45, 7) is 1.24. The Hall–Kier alpha value is -2.99. The van der Waals surface area contributed by atoms with E-state index in [4.69, 9.17) is 0 Å². The summed E-state index contributed by atoms with van der Waals surface area (Å²) in [4.78, 5) is 27.1. The topological polar surface area (TPSA) is 67.2 Å². The summed E-state index contributed by atoms with van der Waals surface area (Å²) in [6, 6.07) is 16.0. The van der Waals surface area contributed by atoms with E-state index in [0.717, 1.165) is 23.3 Å². The van der Waals surface area contributed by atoms with Crippen molar-refractivity contribution in [2.75, 3.05) is 12.4 Å². The Morgan fingerprint density at radius 3 is 2.68 bits per heavy atom. The van der Waals surface area contributed by atoms with Gasteiger partial charge in [-0.15, -0.1) is 0 Å². The van der Waals surface area contributed by atoms with Gasteiger partial charge in [0, 0.05) is 30.1 Å². The van der Waals surface area contributed by atoms with Crippen LogP contribution >= 0.6 is 0 Å². The quantitative estimate of drug-likeness (QED) is 0.625. The third kappa shape index (κ3) is 5.20. The fourth-order valence-electron chi connectivity index (χ4n) is 4.46.